The molecule has 2 heterocycles. The summed E-state index contributed by atoms with van der Waals surface area (Å²) < 4.78 is 1.87. The van der Waals surface area contributed by atoms with Crippen LogP contribution in [0.15, 0.2) is 41.5 Å². The quantitative estimate of drug-likeness (QED) is 0.549. The Morgan fingerprint density at radius 2 is 2.08 bits per heavy atom. The van der Waals surface area contributed by atoms with Gasteiger partial charge in [0.2, 0.25) is 0 Å². The Bertz CT molecular complexity index is 965. The van der Waals surface area contributed by atoms with Crippen molar-refractivity contribution in [1.29, 1.82) is 0 Å². The number of amides is 1. The van der Waals surface area contributed by atoms with E-state index < -0.39 is 0 Å². The van der Waals surface area contributed by atoms with Crippen molar-refractivity contribution < 1.29 is 4.79 Å². The van der Waals surface area contributed by atoms with Gasteiger partial charge in [-0.3, -0.25) is 9.89 Å². The second-order valence-corrected chi connectivity index (χ2v) is 6.51. The SMILES string of the molecule is Cc1nn(-c2ccccc2)c(C)c1/C=N\NC(=O)c1cc(C2CC2)[nH]n1. The van der Waals surface area contributed by atoms with E-state index in [-0.39, 0.29) is 5.91 Å². The molecule has 1 saturated carbocycles. The van der Waals surface area contributed by atoms with E-state index in [0.717, 1.165) is 41.2 Å². The van der Waals surface area contributed by atoms with Crippen LogP contribution in [0.2, 0.25) is 0 Å². The van der Waals surface area contributed by atoms with E-state index in [1.165, 1.54) is 0 Å². The van der Waals surface area contributed by atoms with Gasteiger partial charge in [-0.05, 0) is 44.9 Å². The summed E-state index contributed by atoms with van der Waals surface area (Å²) in [6.07, 6.45) is 3.94. The predicted octanol–water partition coefficient (Wildman–Crippen LogP) is 2.85. The molecule has 0 saturated heterocycles. The van der Waals surface area contributed by atoms with E-state index in [4.69, 9.17) is 0 Å². The number of carbonyl (C=O) groups excluding carboxylic acids is 1. The van der Waals surface area contributed by atoms with Crippen molar-refractivity contribution in [1.82, 2.24) is 25.4 Å². The first-order valence-electron chi connectivity index (χ1n) is 8.64. The van der Waals surface area contributed by atoms with E-state index in [9.17, 15) is 4.79 Å². The maximum Gasteiger partial charge on any atom is 0.291 e. The molecule has 2 aromatic heterocycles. The minimum absolute atomic E-state index is 0.324. The van der Waals surface area contributed by atoms with Gasteiger partial charge in [-0.15, -0.1) is 0 Å². The lowest BCUT2D eigenvalue weighted by molar-refractivity contribution is 0.0950. The van der Waals surface area contributed by atoms with Crippen LogP contribution in [0, 0.1) is 13.8 Å². The van der Waals surface area contributed by atoms with Crippen LogP contribution in [0.5, 0.6) is 0 Å². The fourth-order valence-electron chi connectivity index (χ4n) is 2.93. The van der Waals surface area contributed by atoms with E-state index in [1.807, 2.05) is 48.9 Å². The molecule has 1 aliphatic carbocycles. The zero-order valence-electron chi connectivity index (χ0n) is 14.7. The summed E-state index contributed by atoms with van der Waals surface area (Å²) in [7, 11) is 0. The molecular weight excluding hydrogens is 328 g/mol. The molecule has 26 heavy (non-hydrogen) atoms. The van der Waals surface area contributed by atoms with Gasteiger partial charge in [0.15, 0.2) is 5.69 Å². The first kappa shape index (κ1) is 16.3. The Kier molecular flexibility index (Phi) is 4.12. The molecule has 7 heteroatoms. The van der Waals surface area contributed by atoms with Gasteiger partial charge in [0.25, 0.3) is 5.91 Å². The highest BCUT2D eigenvalue weighted by molar-refractivity contribution is 5.93. The molecule has 0 radical (unpaired) electrons. The van der Waals surface area contributed by atoms with Crippen LogP contribution < -0.4 is 5.43 Å². The number of hydrogen-bond acceptors (Lipinski definition) is 4. The molecule has 132 valence electrons. The first-order valence-corrected chi connectivity index (χ1v) is 8.64. The highest BCUT2D eigenvalue weighted by Crippen LogP contribution is 2.38. The van der Waals surface area contributed by atoms with Crippen molar-refractivity contribution in [2.24, 2.45) is 5.10 Å². The van der Waals surface area contributed by atoms with Crippen molar-refractivity contribution in [3.8, 4) is 5.69 Å². The second-order valence-electron chi connectivity index (χ2n) is 6.51. The van der Waals surface area contributed by atoms with Crippen LogP contribution in [0.4, 0.5) is 0 Å². The number of aromatic nitrogens is 4. The monoisotopic (exact) mass is 348 g/mol. The number of hydrazone groups is 1. The second kappa shape index (κ2) is 6.59. The molecule has 1 amide bonds. The third-order valence-corrected chi connectivity index (χ3v) is 4.56. The Hall–Kier alpha value is -3.22. The zero-order chi connectivity index (χ0) is 18.1. The minimum atomic E-state index is -0.324. The molecule has 1 aliphatic rings. The van der Waals surface area contributed by atoms with Crippen LogP contribution in [-0.4, -0.2) is 32.1 Å². The number of para-hydroxylation sites is 1. The number of aryl methyl sites for hydroxylation is 1. The molecule has 0 aliphatic heterocycles. The van der Waals surface area contributed by atoms with Gasteiger partial charge >= 0.3 is 0 Å². The molecule has 1 fully saturated rings. The van der Waals surface area contributed by atoms with Gasteiger partial charge in [-0.1, -0.05) is 18.2 Å². The zero-order valence-corrected chi connectivity index (χ0v) is 14.7. The van der Waals surface area contributed by atoms with Crippen molar-refractivity contribution >= 4 is 12.1 Å². The maximum atomic E-state index is 12.2. The lowest BCUT2D eigenvalue weighted by Gasteiger charge is -2.03. The van der Waals surface area contributed by atoms with Crippen molar-refractivity contribution in [3.63, 3.8) is 0 Å². The highest BCUT2D eigenvalue weighted by atomic mass is 16.2. The number of hydrogen-bond donors (Lipinski definition) is 2. The van der Waals surface area contributed by atoms with E-state index in [1.54, 1.807) is 12.3 Å². The van der Waals surface area contributed by atoms with Gasteiger partial charge < -0.3 is 0 Å². The third-order valence-electron chi connectivity index (χ3n) is 4.56. The molecule has 3 aromatic rings. The maximum absolute atomic E-state index is 12.2. The topological polar surface area (TPSA) is 88.0 Å². The predicted molar refractivity (Wildman–Crippen MR) is 98.7 cm³/mol. The number of nitrogens with one attached hydrogen (secondary N) is 2. The summed E-state index contributed by atoms with van der Waals surface area (Å²) in [5.41, 5.74) is 7.60. The molecule has 1 aromatic carbocycles. The molecule has 2 N–H and O–H groups in total. The lowest BCUT2D eigenvalue weighted by Crippen LogP contribution is -2.18. The van der Waals surface area contributed by atoms with Crippen molar-refractivity contribution in [2.75, 3.05) is 0 Å². The standard InChI is InChI=1S/C19H20N6O/c1-12-16(13(2)25(24-12)15-6-4-3-5-7-15)11-20-23-19(26)18-10-17(21-22-18)14-8-9-14/h3-7,10-11,14H,8-9H2,1-2H3,(H,21,22)(H,23,26)/b20-11-. The van der Waals surface area contributed by atoms with Crippen LogP contribution in [0.1, 0.15) is 51.9 Å². The summed E-state index contributed by atoms with van der Waals surface area (Å²) >= 11 is 0. The smallest absolute Gasteiger partial charge is 0.281 e. The molecule has 7 nitrogen and oxygen atoms in total. The first-order chi connectivity index (χ1) is 12.6. The summed E-state index contributed by atoms with van der Waals surface area (Å²) in [6, 6.07) is 11.7. The Morgan fingerprint density at radius 1 is 1.31 bits per heavy atom. The normalized spacial score (nSPS) is 14.1. The van der Waals surface area contributed by atoms with Crippen molar-refractivity contribution in [3.05, 3.63) is 64.7 Å². The number of aromatic amines is 1. The van der Waals surface area contributed by atoms with Gasteiger partial charge in [-0.2, -0.15) is 15.3 Å². The summed E-state index contributed by atoms with van der Waals surface area (Å²) in [4.78, 5) is 12.2. The van der Waals surface area contributed by atoms with Gasteiger partial charge in [0.05, 0.1) is 23.3 Å². The Morgan fingerprint density at radius 3 is 2.81 bits per heavy atom. The number of rotatable bonds is 5. The highest BCUT2D eigenvalue weighted by Gasteiger charge is 2.26. The van der Waals surface area contributed by atoms with Crippen LogP contribution in [0.3, 0.4) is 0 Å². The molecule has 0 unspecified atom stereocenters. The Labute approximate surface area is 151 Å². The van der Waals surface area contributed by atoms with Gasteiger partial charge in [0, 0.05) is 17.2 Å². The van der Waals surface area contributed by atoms with Crippen molar-refractivity contribution in [2.45, 2.75) is 32.6 Å². The summed E-state index contributed by atoms with van der Waals surface area (Å²) in [5.74, 6) is 0.205. The number of H-pyrrole nitrogens is 1. The van der Waals surface area contributed by atoms with Gasteiger partial charge in [0.1, 0.15) is 0 Å². The molecular formula is C19H20N6O. The number of nitrogens with zero attached hydrogens (tertiary/aromatic N) is 4. The molecule has 0 bridgehead atoms. The van der Waals surface area contributed by atoms with Gasteiger partial charge in [-0.25, -0.2) is 10.1 Å². The van der Waals surface area contributed by atoms with Crippen LogP contribution in [-0.2, 0) is 0 Å². The fourth-order valence-corrected chi connectivity index (χ4v) is 2.93. The average molecular weight is 348 g/mol. The lowest BCUT2D eigenvalue weighted by atomic mass is 10.2. The van der Waals surface area contributed by atoms with E-state index in [0.29, 0.717) is 11.6 Å². The number of carbonyl (C=O) groups is 1. The molecule has 0 spiro atoms. The number of benzene rings is 1. The summed E-state index contributed by atoms with van der Waals surface area (Å²) in [5, 5.41) is 15.6. The van der Waals surface area contributed by atoms with E-state index >= 15 is 0 Å². The summed E-state index contributed by atoms with van der Waals surface area (Å²) in [6.45, 7) is 3.90. The van der Waals surface area contributed by atoms with Crippen LogP contribution >= 0.6 is 0 Å². The van der Waals surface area contributed by atoms with Crippen LogP contribution in [0.25, 0.3) is 5.69 Å². The largest absolute Gasteiger partial charge is 0.291 e. The third kappa shape index (κ3) is 3.15. The molecule has 0 atom stereocenters. The Balaban J connectivity index is 1.48. The average Bonchev–Trinajstić information content (AvgIpc) is 3.32. The fraction of sp³-hybridized carbons (Fsp3) is 0.263. The minimum Gasteiger partial charge on any atom is -0.281 e. The van der Waals surface area contributed by atoms with E-state index in [2.05, 4.69) is 25.8 Å². The molecule has 4 rings (SSSR count).